The second-order valence-electron chi connectivity index (χ2n) is 9.98. The van der Waals surface area contributed by atoms with E-state index in [1.54, 1.807) is 6.07 Å². The molecule has 0 spiro atoms. The van der Waals surface area contributed by atoms with Crippen molar-refractivity contribution in [1.29, 1.82) is 0 Å². The Kier molecular flexibility index (Phi) is 8.01. The molecule has 37 heavy (non-hydrogen) atoms. The van der Waals surface area contributed by atoms with E-state index in [0.717, 1.165) is 22.4 Å². The number of halogens is 1. The van der Waals surface area contributed by atoms with E-state index in [1.165, 1.54) is 0 Å². The fraction of sp³-hybridized carbons (Fsp3) is 0.219. The number of esters is 1. The van der Waals surface area contributed by atoms with Crippen LogP contribution in [0.5, 0.6) is 5.75 Å². The van der Waals surface area contributed by atoms with Gasteiger partial charge in [0.25, 0.3) is 0 Å². The highest BCUT2D eigenvalue weighted by molar-refractivity contribution is 6.31. The van der Waals surface area contributed by atoms with E-state index in [-0.39, 0.29) is 5.60 Å². The summed E-state index contributed by atoms with van der Waals surface area (Å²) in [5.41, 5.74) is 7.99. The van der Waals surface area contributed by atoms with Crippen LogP contribution in [0.1, 0.15) is 43.0 Å². The van der Waals surface area contributed by atoms with Gasteiger partial charge in [0.2, 0.25) is 0 Å². The van der Waals surface area contributed by atoms with Crippen LogP contribution < -0.4 is 10.5 Å². The summed E-state index contributed by atoms with van der Waals surface area (Å²) in [5.74, 6) is 0.237. The van der Waals surface area contributed by atoms with Gasteiger partial charge >= 0.3 is 5.97 Å². The third kappa shape index (κ3) is 6.22. The molecule has 0 unspecified atom stereocenters. The van der Waals surface area contributed by atoms with Gasteiger partial charge in [0.1, 0.15) is 17.4 Å². The minimum Gasteiger partial charge on any atom is -0.488 e. The zero-order valence-corrected chi connectivity index (χ0v) is 22.1. The Labute approximate surface area is 224 Å². The number of hydrogen-bond donors (Lipinski definition) is 1. The molecule has 0 fully saturated rings. The largest absolute Gasteiger partial charge is 0.488 e. The molecule has 0 aliphatic carbocycles. The molecule has 0 radical (unpaired) electrons. The first-order valence-electron chi connectivity index (χ1n) is 12.3. The first-order valence-corrected chi connectivity index (χ1v) is 12.7. The molecule has 190 valence electrons. The van der Waals surface area contributed by atoms with Gasteiger partial charge in [-0.05, 0) is 51.0 Å². The van der Waals surface area contributed by atoms with Crippen molar-refractivity contribution in [3.05, 3.63) is 136 Å². The Bertz CT molecular complexity index is 1280. The third-order valence-corrected chi connectivity index (χ3v) is 6.30. The number of carbonyl (C=O) groups is 1. The Morgan fingerprint density at radius 1 is 0.784 bits per heavy atom. The Hall–Kier alpha value is -3.60. The van der Waals surface area contributed by atoms with E-state index in [0.29, 0.717) is 17.0 Å². The van der Waals surface area contributed by atoms with Crippen LogP contribution in [0.3, 0.4) is 0 Å². The zero-order chi connectivity index (χ0) is 26.5. The van der Waals surface area contributed by atoms with Gasteiger partial charge in [0, 0.05) is 21.7 Å². The maximum atomic E-state index is 13.6. The van der Waals surface area contributed by atoms with E-state index in [9.17, 15) is 4.79 Å². The van der Waals surface area contributed by atoms with Crippen LogP contribution in [0.15, 0.2) is 109 Å². The molecule has 4 nitrogen and oxygen atoms in total. The molecule has 0 amide bonds. The summed E-state index contributed by atoms with van der Waals surface area (Å²) in [6.45, 7) is 5.99. The third-order valence-electron chi connectivity index (χ3n) is 5.97. The second kappa shape index (κ2) is 11.2. The van der Waals surface area contributed by atoms with E-state index < -0.39 is 17.6 Å². The topological polar surface area (TPSA) is 61.5 Å². The van der Waals surface area contributed by atoms with E-state index in [2.05, 4.69) is 0 Å². The molecule has 0 saturated heterocycles. The molecule has 5 heteroatoms. The number of ether oxygens (including phenoxy) is 2. The van der Waals surface area contributed by atoms with Crippen molar-refractivity contribution in [2.75, 3.05) is 0 Å². The van der Waals surface area contributed by atoms with Crippen LogP contribution in [-0.2, 0) is 21.6 Å². The summed E-state index contributed by atoms with van der Waals surface area (Å²) in [7, 11) is 0. The van der Waals surface area contributed by atoms with Crippen LogP contribution >= 0.6 is 11.6 Å². The standard InChI is InChI=1S/C32H32ClNO3/c1-31(2,3)36-26-20-18-23(19-21-26)22-29(34)30(35)37-32(24-12-6-4-7-13-24,25-14-8-5-9-15-25)27-16-10-11-17-28(27)33/h4-21,29H,22,34H2,1-3H3/t29-/m0/s1. The lowest BCUT2D eigenvalue weighted by molar-refractivity contribution is -0.155. The molecular formula is C32H32ClNO3. The molecular weight excluding hydrogens is 482 g/mol. The highest BCUT2D eigenvalue weighted by Gasteiger charge is 2.42. The van der Waals surface area contributed by atoms with Gasteiger partial charge in [-0.25, -0.2) is 0 Å². The average molecular weight is 514 g/mol. The van der Waals surface area contributed by atoms with Gasteiger partial charge < -0.3 is 15.2 Å². The van der Waals surface area contributed by atoms with Crippen molar-refractivity contribution < 1.29 is 14.3 Å². The van der Waals surface area contributed by atoms with Crippen molar-refractivity contribution in [2.45, 2.75) is 44.4 Å². The first-order chi connectivity index (χ1) is 17.7. The maximum absolute atomic E-state index is 13.6. The lowest BCUT2D eigenvalue weighted by Crippen LogP contribution is -2.42. The molecule has 0 bridgehead atoms. The lowest BCUT2D eigenvalue weighted by atomic mass is 9.80. The highest BCUT2D eigenvalue weighted by atomic mass is 35.5. The minimum absolute atomic E-state index is 0.293. The summed E-state index contributed by atoms with van der Waals surface area (Å²) >= 11 is 6.73. The monoisotopic (exact) mass is 513 g/mol. The Morgan fingerprint density at radius 2 is 1.30 bits per heavy atom. The fourth-order valence-corrected chi connectivity index (χ4v) is 4.62. The van der Waals surface area contributed by atoms with E-state index in [1.807, 2.05) is 124 Å². The van der Waals surface area contributed by atoms with Gasteiger partial charge in [-0.3, -0.25) is 4.79 Å². The number of hydrogen-bond acceptors (Lipinski definition) is 4. The summed E-state index contributed by atoms with van der Waals surface area (Å²) < 4.78 is 12.3. The molecule has 4 aromatic carbocycles. The fourth-order valence-electron chi connectivity index (χ4n) is 4.35. The average Bonchev–Trinajstić information content (AvgIpc) is 2.89. The van der Waals surface area contributed by atoms with Crippen molar-refractivity contribution in [2.24, 2.45) is 5.73 Å². The van der Waals surface area contributed by atoms with Crippen molar-refractivity contribution in [3.8, 4) is 5.75 Å². The lowest BCUT2D eigenvalue weighted by Gasteiger charge is -2.36. The van der Waals surface area contributed by atoms with Crippen LogP contribution in [-0.4, -0.2) is 17.6 Å². The summed E-state index contributed by atoms with van der Waals surface area (Å²) in [4.78, 5) is 13.6. The summed E-state index contributed by atoms with van der Waals surface area (Å²) in [6.07, 6.45) is 0.316. The quantitative estimate of drug-likeness (QED) is 0.205. The van der Waals surface area contributed by atoms with Gasteiger partial charge in [-0.2, -0.15) is 0 Å². The number of carbonyl (C=O) groups excluding carboxylic acids is 1. The summed E-state index contributed by atoms with van der Waals surface area (Å²) in [6, 6.07) is 33.4. The molecule has 4 rings (SSSR count). The molecule has 2 N–H and O–H groups in total. The number of nitrogens with two attached hydrogens (primary N) is 1. The smallest absolute Gasteiger partial charge is 0.324 e. The number of rotatable bonds is 8. The normalized spacial score (nSPS) is 12.6. The van der Waals surface area contributed by atoms with Gasteiger partial charge in [0.15, 0.2) is 5.60 Å². The molecule has 1 atom stereocenters. The Morgan fingerprint density at radius 3 is 1.81 bits per heavy atom. The molecule has 0 saturated carbocycles. The maximum Gasteiger partial charge on any atom is 0.324 e. The predicted molar refractivity (Wildman–Crippen MR) is 149 cm³/mol. The molecule has 0 aromatic heterocycles. The van der Waals surface area contributed by atoms with Crippen molar-refractivity contribution >= 4 is 17.6 Å². The van der Waals surface area contributed by atoms with Crippen molar-refractivity contribution in [1.82, 2.24) is 0 Å². The molecule has 0 heterocycles. The zero-order valence-electron chi connectivity index (χ0n) is 21.4. The first kappa shape index (κ1) is 26.5. The van der Waals surface area contributed by atoms with Gasteiger partial charge in [0.05, 0.1) is 0 Å². The second-order valence-corrected chi connectivity index (χ2v) is 10.4. The van der Waals surface area contributed by atoms with Gasteiger partial charge in [-0.1, -0.05) is 103 Å². The summed E-state index contributed by atoms with van der Waals surface area (Å²) in [5, 5.41) is 0.492. The van der Waals surface area contributed by atoms with Crippen LogP contribution in [0.4, 0.5) is 0 Å². The van der Waals surface area contributed by atoms with Crippen LogP contribution in [0, 0.1) is 0 Å². The SMILES string of the molecule is CC(C)(C)Oc1ccc(C[C@H](N)C(=O)OC(c2ccccc2)(c2ccccc2)c2ccccc2Cl)cc1. The molecule has 0 aliphatic heterocycles. The molecule has 0 aliphatic rings. The van der Waals surface area contributed by atoms with Crippen LogP contribution in [0.2, 0.25) is 5.02 Å². The molecule has 4 aromatic rings. The minimum atomic E-state index is -1.28. The Balaban J connectivity index is 1.69. The van der Waals surface area contributed by atoms with E-state index >= 15 is 0 Å². The van der Waals surface area contributed by atoms with E-state index in [4.69, 9.17) is 26.8 Å². The number of benzene rings is 4. The van der Waals surface area contributed by atoms with Crippen molar-refractivity contribution in [3.63, 3.8) is 0 Å². The van der Waals surface area contributed by atoms with Crippen LogP contribution in [0.25, 0.3) is 0 Å². The van der Waals surface area contributed by atoms with Gasteiger partial charge in [-0.15, -0.1) is 0 Å². The predicted octanol–water partition coefficient (Wildman–Crippen LogP) is 6.92. The highest BCUT2D eigenvalue weighted by Crippen LogP contribution is 2.43.